The molecular weight excluding hydrogens is 306 g/mol. The number of carbonyl (C=O) groups is 1. The van der Waals surface area contributed by atoms with Gasteiger partial charge in [0.2, 0.25) is 5.91 Å². The van der Waals surface area contributed by atoms with E-state index in [4.69, 9.17) is 0 Å². The van der Waals surface area contributed by atoms with Gasteiger partial charge in [-0.1, -0.05) is 0 Å². The van der Waals surface area contributed by atoms with Crippen molar-refractivity contribution < 1.29 is 9.90 Å². The molecule has 2 heterocycles. The van der Waals surface area contributed by atoms with Crippen LogP contribution >= 0.6 is 0 Å². The number of nitrogens with zero attached hydrogens (tertiary/aromatic N) is 4. The number of nitrogens with one attached hydrogen (secondary N) is 1. The molecule has 0 aliphatic carbocycles. The van der Waals surface area contributed by atoms with Crippen LogP contribution in [0.4, 0.5) is 11.5 Å². The number of aryl methyl sites for hydroxylation is 2. The van der Waals surface area contributed by atoms with Crippen LogP contribution in [0.1, 0.15) is 5.69 Å². The van der Waals surface area contributed by atoms with Crippen LogP contribution in [-0.2, 0) is 11.8 Å². The summed E-state index contributed by atoms with van der Waals surface area (Å²) in [4.78, 5) is 16.6. The summed E-state index contributed by atoms with van der Waals surface area (Å²) in [7, 11) is 1.82. The van der Waals surface area contributed by atoms with Crippen LogP contribution in [0.5, 0.6) is 5.75 Å². The summed E-state index contributed by atoms with van der Waals surface area (Å²) in [5.74, 6) is 0.982. The van der Waals surface area contributed by atoms with Crippen molar-refractivity contribution in [2.24, 2.45) is 7.05 Å². The number of carbonyl (C=O) groups excluding carboxylic acids is 1. The fourth-order valence-electron chi connectivity index (χ4n) is 2.94. The minimum Gasteiger partial charge on any atom is -0.508 e. The number of piperazine rings is 1. The maximum atomic E-state index is 12.2. The highest BCUT2D eigenvalue weighted by atomic mass is 16.3. The monoisotopic (exact) mass is 329 g/mol. The molecule has 24 heavy (non-hydrogen) atoms. The number of anilines is 2. The van der Waals surface area contributed by atoms with E-state index in [2.05, 4.69) is 20.2 Å². The summed E-state index contributed by atoms with van der Waals surface area (Å²) in [5.41, 5.74) is 1.98. The van der Waals surface area contributed by atoms with Gasteiger partial charge in [-0.2, -0.15) is 5.10 Å². The second-order valence-electron chi connectivity index (χ2n) is 6.12. The maximum Gasteiger partial charge on any atom is 0.239 e. The topological polar surface area (TPSA) is 73.6 Å². The average molecular weight is 329 g/mol. The van der Waals surface area contributed by atoms with Gasteiger partial charge in [0.05, 0.1) is 12.2 Å². The minimum atomic E-state index is -0.0175. The van der Waals surface area contributed by atoms with Crippen molar-refractivity contribution >= 4 is 17.4 Å². The third kappa shape index (κ3) is 3.86. The minimum absolute atomic E-state index is 0.0175. The van der Waals surface area contributed by atoms with Crippen molar-refractivity contribution in [1.82, 2.24) is 14.7 Å². The van der Waals surface area contributed by atoms with Crippen LogP contribution < -0.4 is 10.2 Å². The molecule has 3 rings (SSSR count). The molecule has 1 aliphatic heterocycles. The van der Waals surface area contributed by atoms with Gasteiger partial charge in [0, 0.05) is 45.0 Å². The molecule has 7 nitrogen and oxygen atoms in total. The van der Waals surface area contributed by atoms with Crippen molar-refractivity contribution in [3.05, 3.63) is 36.0 Å². The Balaban J connectivity index is 1.49. The van der Waals surface area contributed by atoms with E-state index in [9.17, 15) is 9.90 Å². The predicted octanol–water partition coefficient (Wildman–Crippen LogP) is 1.19. The van der Waals surface area contributed by atoms with E-state index in [0.717, 1.165) is 43.4 Å². The number of phenols is 1. The second kappa shape index (κ2) is 6.92. The largest absolute Gasteiger partial charge is 0.508 e. The summed E-state index contributed by atoms with van der Waals surface area (Å²) >= 11 is 0. The number of rotatable bonds is 4. The van der Waals surface area contributed by atoms with E-state index in [0.29, 0.717) is 6.54 Å². The molecule has 1 aromatic heterocycles. The maximum absolute atomic E-state index is 12.2. The van der Waals surface area contributed by atoms with Gasteiger partial charge in [-0.3, -0.25) is 14.4 Å². The highest BCUT2D eigenvalue weighted by Gasteiger charge is 2.19. The Hall–Kier alpha value is -2.54. The van der Waals surface area contributed by atoms with E-state index in [1.54, 1.807) is 16.8 Å². The third-order valence-corrected chi connectivity index (χ3v) is 4.22. The lowest BCUT2D eigenvalue weighted by Gasteiger charge is -2.35. The van der Waals surface area contributed by atoms with Gasteiger partial charge in [0.1, 0.15) is 11.6 Å². The van der Waals surface area contributed by atoms with Gasteiger partial charge in [0.15, 0.2) is 0 Å². The van der Waals surface area contributed by atoms with Crippen LogP contribution in [-0.4, -0.2) is 58.4 Å². The number of amides is 1. The van der Waals surface area contributed by atoms with Crippen LogP contribution in [0.3, 0.4) is 0 Å². The fourth-order valence-corrected chi connectivity index (χ4v) is 2.94. The molecule has 1 aliphatic rings. The highest BCUT2D eigenvalue weighted by molar-refractivity contribution is 5.91. The van der Waals surface area contributed by atoms with Crippen molar-refractivity contribution in [2.75, 3.05) is 42.9 Å². The zero-order valence-corrected chi connectivity index (χ0v) is 14.1. The Labute approximate surface area is 141 Å². The van der Waals surface area contributed by atoms with Gasteiger partial charge in [-0.15, -0.1) is 0 Å². The normalized spacial score (nSPS) is 15.5. The number of aromatic hydroxyl groups is 1. The second-order valence-corrected chi connectivity index (χ2v) is 6.12. The first-order valence-electron chi connectivity index (χ1n) is 8.08. The van der Waals surface area contributed by atoms with Crippen LogP contribution in [0.2, 0.25) is 0 Å². The molecule has 0 saturated carbocycles. The van der Waals surface area contributed by atoms with E-state index in [1.807, 2.05) is 32.2 Å². The first-order valence-corrected chi connectivity index (χ1v) is 8.08. The quantitative estimate of drug-likeness (QED) is 0.882. The molecular formula is C17H23N5O2. The summed E-state index contributed by atoms with van der Waals surface area (Å²) in [5, 5.41) is 16.5. The Morgan fingerprint density at radius 2 is 1.88 bits per heavy atom. The molecule has 0 radical (unpaired) electrons. The zero-order valence-electron chi connectivity index (χ0n) is 14.1. The van der Waals surface area contributed by atoms with E-state index < -0.39 is 0 Å². The summed E-state index contributed by atoms with van der Waals surface area (Å²) in [6, 6.07) is 9.10. The summed E-state index contributed by atoms with van der Waals surface area (Å²) < 4.78 is 1.68. The lowest BCUT2D eigenvalue weighted by molar-refractivity contribution is -0.117. The number of phenolic OH excluding ortho intramolecular Hbond substituents is 1. The van der Waals surface area contributed by atoms with E-state index >= 15 is 0 Å². The zero-order chi connectivity index (χ0) is 17.1. The lowest BCUT2D eigenvalue weighted by atomic mass is 10.2. The summed E-state index contributed by atoms with van der Waals surface area (Å²) in [6.07, 6.45) is 0. The van der Waals surface area contributed by atoms with Gasteiger partial charge in [-0.25, -0.2) is 0 Å². The molecule has 128 valence electrons. The van der Waals surface area contributed by atoms with E-state index in [1.165, 1.54) is 0 Å². The van der Waals surface area contributed by atoms with Crippen molar-refractivity contribution in [1.29, 1.82) is 0 Å². The van der Waals surface area contributed by atoms with Crippen molar-refractivity contribution in [3.8, 4) is 5.75 Å². The van der Waals surface area contributed by atoms with Gasteiger partial charge in [-0.05, 0) is 31.2 Å². The highest BCUT2D eigenvalue weighted by Crippen LogP contribution is 2.19. The summed E-state index contributed by atoms with van der Waals surface area (Å²) in [6.45, 7) is 5.68. The first kappa shape index (κ1) is 16.3. The molecule has 1 amide bonds. The number of aromatic nitrogens is 2. The lowest BCUT2D eigenvalue weighted by Crippen LogP contribution is -2.48. The fraction of sp³-hybridized carbons (Fsp3) is 0.412. The van der Waals surface area contributed by atoms with Gasteiger partial charge in [0.25, 0.3) is 0 Å². The van der Waals surface area contributed by atoms with E-state index in [-0.39, 0.29) is 11.7 Å². The Morgan fingerprint density at radius 3 is 2.46 bits per heavy atom. The van der Waals surface area contributed by atoms with Gasteiger partial charge < -0.3 is 15.3 Å². The SMILES string of the molecule is Cc1cc(NC(=O)CN2CCN(c3ccc(O)cc3)CC2)n(C)n1. The van der Waals surface area contributed by atoms with Crippen LogP contribution in [0.25, 0.3) is 0 Å². The molecule has 0 unspecified atom stereocenters. The number of hydrogen-bond acceptors (Lipinski definition) is 5. The average Bonchev–Trinajstić information content (AvgIpc) is 2.86. The smallest absolute Gasteiger partial charge is 0.239 e. The molecule has 1 aromatic carbocycles. The Kier molecular flexibility index (Phi) is 4.71. The van der Waals surface area contributed by atoms with Crippen molar-refractivity contribution in [3.63, 3.8) is 0 Å². The molecule has 2 N–H and O–H groups in total. The van der Waals surface area contributed by atoms with Gasteiger partial charge >= 0.3 is 0 Å². The number of hydrogen-bond donors (Lipinski definition) is 2. The molecule has 0 bridgehead atoms. The Morgan fingerprint density at radius 1 is 1.21 bits per heavy atom. The molecule has 1 saturated heterocycles. The van der Waals surface area contributed by atoms with Crippen molar-refractivity contribution in [2.45, 2.75) is 6.92 Å². The third-order valence-electron chi connectivity index (χ3n) is 4.22. The first-order chi connectivity index (χ1) is 11.5. The van der Waals surface area contributed by atoms with Crippen LogP contribution in [0, 0.1) is 6.92 Å². The Bertz CT molecular complexity index is 702. The molecule has 0 spiro atoms. The molecule has 0 atom stereocenters. The standard InChI is InChI=1S/C17H23N5O2/c1-13-11-16(20(2)19-13)18-17(24)12-21-7-9-22(10-8-21)14-3-5-15(23)6-4-14/h3-6,11,23H,7-10,12H2,1-2H3,(H,18,24). The molecule has 1 fully saturated rings. The molecule has 2 aromatic rings. The molecule has 7 heteroatoms. The van der Waals surface area contributed by atoms with Crippen LogP contribution in [0.15, 0.2) is 30.3 Å². The number of benzene rings is 1. The predicted molar refractivity (Wildman–Crippen MR) is 93.3 cm³/mol.